The van der Waals surface area contributed by atoms with Crippen molar-refractivity contribution in [1.82, 2.24) is 9.97 Å². The minimum absolute atomic E-state index is 0.231. The molecule has 0 aliphatic carbocycles. The fraction of sp³-hybridized carbons (Fsp3) is 0.0625. The number of benzene rings is 1. The van der Waals surface area contributed by atoms with E-state index < -0.39 is 0 Å². The van der Waals surface area contributed by atoms with Crippen LogP contribution in [0.3, 0.4) is 0 Å². The first-order valence-corrected chi connectivity index (χ1v) is 7.50. The number of hydrogen-bond acceptors (Lipinski definition) is 5. The van der Waals surface area contributed by atoms with Crippen LogP contribution in [0.4, 0.5) is 11.5 Å². The van der Waals surface area contributed by atoms with Crippen LogP contribution in [0, 0.1) is 6.92 Å². The molecule has 0 aliphatic rings. The van der Waals surface area contributed by atoms with Crippen molar-refractivity contribution < 1.29 is 4.79 Å². The fourth-order valence-electron chi connectivity index (χ4n) is 2.00. The number of thiazole rings is 1. The predicted molar refractivity (Wildman–Crippen MR) is 88.9 cm³/mol. The van der Waals surface area contributed by atoms with Crippen molar-refractivity contribution in [3.05, 3.63) is 59.2 Å². The standard InChI is InChI=1S/C16H14N4OS/c1-10-5-2-3-7-12(10)19-15(21)13-14(17)20-16(22-13)11-6-4-8-18-9-11/h2-9H,17H2,1H3,(H,19,21). The number of carbonyl (C=O) groups excluding carboxylic acids is 1. The van der Waals surface area contributed by atoms with Crippen LogP contribution in [0.1, 0.15) is 15.2 Å². The third-order valence-electron chi connectivity index (χ3n) is 3.16. The number of rotatable bonds is 3. The Morgan fingerprint density at radius 1 is 1.23 bits per heavy atom. The molecule has 0 fully saturated rings. The number of pyridine rings is 1. The van der Waals surface area contributed by atoms with E-state index in [0.29, 0.717) is 9.88 Å². The maximum atomic E-state index is 12.4. The molecule has 1 aromatic carbocycles. The van der Waals surface area contributed by atoms with Crippen molar-refractivity contribution in [3.8, 4) is 10.6 Å². The lowest BCUT2D eigenvalue weighted by atomic mass is 10.2. The first-order valence-electron chi connectivity index (χ1n) is 6.69. The summed E-state index contributed by atoms with van der Waals surface area (Å²) in [5, 5.41) is 3.55. The van der Waals surface area contributed by atoms with Crippen molar-refractivity contribution in [2.24, 2.45) is 0 Å². The van der Waals surface area contributed by atoms with Gasteiger partial charge in [0.25, 0.3) is 5.91 Å². The second kappa shape index (κ2) is 5.95. The topological polar surface area (TPSA) is 80.9 Å². The maximum absolute atomic E-state index is 12.4. The highest BCUT2D eigenvalue weighted by molar-refractivity contribution is 7.17. The highest BCUT2D eigenvalue weighted by Gasteiger charge is 2.17. The molecular formula is C16H14N4OS. The number of nitrogen functional groups attached to an aromatic ring is 1. The second-order valence-corrected chi connectivity index (χ2v) is 5.74. The molecule has 2 heterocycles. The van der Waals surface area contributed by atoms with Crippen LogP contribution in [-0.2, 0) is 0 Å². The highest BCUT2D eigenvalue weighted by atomic mass is 32.1. The van der Waals surface area contributed by atoms with E-state index in [2.05, 4.69) is 15.3 Å². The predicted octanol–water partition coefficient (Wildman–Crippen LogP) is 3.35. The minimum atomic E-state index is -0.251. The van der Waals surface area contributed by atoms with Gasteiger partial charge in [0, 0.05) is 23.6 Å². The highest BCUT2D eigenvalue weighted by Crippen LogP contribution is 2.29. The first kappa shape index (κ1) is 14.2. The molecular weight excluding hydrogens is 296 g/mol. The number of aromatic nitrogens is 2. The van der Waals surface area contributed by atoms with Gasteiger partial charge in [0.15, 0.2) is 0 Å². The molecule has 0 saturated carbocycles. The van der Waals surface area contributed by atoms with Crippen molar-refractivity contribution in [3.63, 3.8) is 0 Å². The van der Waals surface area contributed by atoms with Gasteiger partial charge in [-0.25, -0.2) is 4.98 Å². The van der Waals surface area contributed by atoms with E-state index in [1.54, 1.807) is 12.4 Å². The molecule has 0 saturated heterocycles. The zero-order valence-electron chi connectivity index (χ0n) is 11.9. The molecule has 0 radical (unpaired) electrons. The summed E-state index contributed by atoms with van der Waals surface area (Å²) in [6, 6.07) is 11.3. The van der Waals surface area contributed by atoms with E-state index >= 15 is 0 Å². The number of amides is 1. The van der Waals surface area contributed by atoms with E-state index in [4.69, 9.17) is 5.73 Å². The molecule has 0 spiro atoms. The SMILES string of the molecule is Cc1ccccc1NC(=O)c1sc(-c2cccnc2)nc1N. The average Bonchev–Trinajstić information content (AvgIpc) is 2.92. The normalized spacial score (nSPS) is 10.4. The summed E-state index contributed by atoms with van der Waals surface area (Å²) in [4.78, 5) is 21.1. The third-order valence-corrected chi connectivity index (χ3v) is 4.28. The molecule has 5 nitrogen and oxygen atoms in total. The molecule has 6 heteroatoms. The molecule has 110 valence electrons. The lowest BCUT2D eigenvalue weighted by molar-refractivity contribution is 0.103. The number of carbonyl (C=O) groups is 1. The summed E-state index contributed by atoms with van der Waals surface area (Å²) in [7, 11) is 0. The monoisotopic (exact) mass is 310 g/mol. The zero-order chi connectivity index (χ0) is 15.5. The van der Waals surface area contributed by atoms with Crippen LogP contribution in [0.15, 0.2) is 48.8 Å². The van der Waals surface area contributed by atoms with Gasteiger partial charge in [0.2, 0.25) is 0 Å². The van der Waals surface area contributed by atoms with Crippen LogP contribution in [0.25, 0.3) is 10.6 Å². The number of anilines is 2. The van der Waals surface area contributed by atoms with Gasteiger partial charge in [0.1, 0.15) is 15.7 Å². The summed E-state index contributed by atoms with van der Waals surface area (Å²) < 4.78 is 0. The lowest BCUT2D eigenvalue weighted by Crippen LogP contribution is -2.12. The van der Waals surface area contributed by atoms with Crippen molar-refractivity contribution in [2.45, 2.75) is 6.92 Å². The smallest absolute Gasteiger partial charge is 0.269 e. The Bertz CT molecular complexity index is 814. The van der Waals surface area contributed by atoms with Gasteiger partial charge < -0.3 is 11.1 Å². The van der Waals surface area contributed by atoms with Gasteiger partial charge in [-0.2, -0.15) is 0 Å². The van der Waals surface area contributed by atoms with Crippen LogP contribution >= 0.6 is 11.3 Å². The molecule has 22 heavy (non-hydrogen) atoms. The van der Waals surface area contributed by atoms with E-state index in [9.17, 15) is 4.79 Å². The van der Waals surface area contributed by atoms with Crippen LogP contribution in [0.2, 0.25) is 0 Å². The lowest BCUT2D eigenvalue weighted by Gasteiger charge is -2.06. The van der Waals surface area contributed by atoms with Crippen molar-refractivity contribution in [1.29, 1.82) is 0 Å². The summed E-state index contributed by atoms with van der Waals surface area (Å²) in [6.07, 6.45) is 3.38. The Kier molecular flexibility index (Phi) is 3.84. The van der Waals surface area contributed by atoms with Gasteiger partial charge in [-0.1, -0.05) is 18.2 Å². The number of para-hydroxylation sites is 1. The van der Waals surface area contributed by atoms with Crippen LogP contribution in [-0.4, -0.2) is 15.9 Å². The van der Waals surface area contributed by atoms with E-state index in [1.165, 1.54) is 11.3 Å². The Morgan fingerprint density at radius 3 is 2.77 bits per heavy atom. The largest absolute Gasteiger partial charge is 0.382 e. The summed E-state index contributed by atoms with van der Waals surface area (Å²) in [6.45, 7) is 1.94. The number of nitrogens with one attached hydrogen (secondary N) is 1. The van der Waals surface area contributed by atoms with Crippen molar-refractivity contribution >= 4 is 28.7 Å². The summed E-state index contributed by atoms with van der Waals surface area (Å²) in [5.74, 6) is -0.0191. The molecule has 2 aromatic heterocycles. The molecule has 3 N–H and O–H groups in total. The molecule has 1 amide bonds. The van der Waals surface area contributed by atoms with Gasteiger partial charge in [-0.3, -0.25) is 9.78 Å². The third kappa shape index (κ3) is 2.82. The quantitative estimate of drug-likeness (QED) is 0.777. The first-order chi connectivity index (χ1) is 10.6. The zero-order valence-corrected chi connectivity index (χ0v) is 12.7. The Morgan fingerprint density at radius 2 is 2.05 bits per heavy atom. The van der Waals surface area contributed by atoms with Gasteiger partial charge in [0.05, 0.1) is 0 Å². The Labute approximate surface area is 131 Å². The van der Waals surface area contributed by atoms with Crippen LogP contribution in [0.5, 0.6) is 0 Å². The maximum Gasteiger partial charge on any atom is 0.269 e. The van der Waals surface area contributed by atoms with Gasteiger partial charge in [-0.05, 0) is 30.7 Å². The molecule has 0 bridgehead atoms. The Hall–Kier alpha value is -2.73. The Balaban J connectivity index is 1.88. The van der Waals surface area contributed by atoms with Crippen LogP contribution < -0.4 is 11.1 Å². The van der Waals surface area contributed by atoms with E-state index in [-0.39, 0.29) is 11.7 Å². The molecule has 0 aliphatic heterocycles. The fourth-order valence-corrected chi connectivity index (χ4v) is 2.87. The minimum Gasteiger partial charge on any atom is -0.382 e. The number of nitrogens with two attached hydrogens (primary N) is 1. The molecule has 0 atom stereocenters. The number of nitrogens with zero attached hydrogens (tertiary/aromatic N) is 2. The van der Waals surface area contributed by atoms with Gasteiger partial charge >= 0.3 is 0 Å². The molecule has 3 aromatic rings. The summed E-state index contributed by atoms with van der Waals surface area (Å²) >= 11 is 1.26. The summed E-state index contributed by atoms with van der Waals surface area (Å²) in [5.41, 5.74) is 8.49. The van der Waals surface area contributed by atoms with E-state index in [0.717, 1.165) is 16.8 Å². The molecule has 3 rings (SSSR count). The number of hydrogen-bond donors (Lipinski definition) is 2. The average molecular weight is 310 g/mol. The van der Waals surface area contributed by atoms with Crippen molar-refractivity contribution in [2.75, 3.05) is 11.1 Å². The van der Waals surface area contributed by atoms with E-state index in [1.807, 2.05) is 43.3 Å². The second-order valence-electron chi connectivity index (χ2n) is 4.74. The molecule has 0 unspecified atom stereocenters. The van der Waals surface area contributed by atoms with Gasteiger partial charge in [-0.15, -0.1) is 11.3 Å². The number of aryl methyl sites for hydroxylation is 1.